The maximum atomic E-state index is 12.2. The number of anilines is 1. The highest BCUT2D eigenvalue weighted by Gasteiger charge is 2.15. The largest absolute Gasteiger partial charge is 0.495 e. The molecule has 130 valence electrons. The highest BCUT2D eigenvalue weighted by molar-refractivity contribution is 7.99. The van der Waals surface area contributed by atoms with Gasteiger partial charge < -0.3 is 14.8 Å². The van der Waals surface area contributed by atoms with Crippen molar-refractivity contribution in [1.82, 2.24) is 4.98 Å². The van der Waals surface area contributed by atoms with Crippen molar-refractivity contribution >= 4 is 44.4 Å². The molecule has 0 atom stereocenters. The lowest BCUT2D eigenvalue weighted by atomic mass is 10.3. The minimum Gasteiger partial charge on any atom is -0.495 e. The van der Waals surface area contributed by atoms with Crippen molar-refractivity contribution in [3.8, 4) is 11.5 Å². The number of nitrogens with one attached hydrogen (secondary N) is 1. The normalized spacial score (nSPS) is 10.6. The number of carbonyl (C=O) groups is 1. The van der Waals surface area contributed by atoms with Crippen LogP contribution < -0.4 is 14.8 Å². The Bertz CT molecular complexity index is 824. The van der Waals surface area contributed by atoms with Crippen molar-refractivity contribution in [2.75, 3.05) is 25.3 Å². The summed E-state index contributed by atoms with van der Waals surface area (Å²) in [6, 6.07) is 13.7. The highest BCUT2D eigenvalue weighted by Crippen LogP contribution is 2.38. The van der Waals surface area contributed by atoms with Crippen molar-refractivity contribution in [1.29, 1.82) is 0 Å². The summed E-state index contributed by atoms with van der Waals surface area (Å²) in [6.45, 7) is 0. The molecule has 0 aliphatic heterocycles. The molecule has 1 amide bonds. The summed E-state index contributed by atoms with van der Waals surface area (Å²) in [6.07, 6.45) is 0.420. The molecule has 1 heterocycles. The zero-order valence-corrected chi connectivity index (χ0v) is 15.6. The van der Waals surface area contributed by atoms with Crippen molar-refractivity contribution in [3.63, 3.8) is 0 Å². The van der Waals surface area contributed by atoms with Gasteiger partial charge in [0.2, 0.25) is 5.91 Å². The highest BCUT2D eigenvalue weighted by atomic mass is 32.2. The first kappa shape index (κ1) is 17.6. The third kappa shape index (κ3) is 4.24. The second-order valence-electron chi connectivity index (χ2n) is 5.13. The average Bonchev–Trinajstić information content (AvgIpc) is 3.05. The minimum absolute atomic E-state index is 0.0552. The summed E-state index contributed by atoms with van der Waals surface area (Å²) >= 11 is 3.04. The number of fused-ring (bicyclic) bond motifs is 1. The number of rotatable bonds is 7. The van der Waals surface area contributed by atoms with Crippen LogP contribution in [0.15, 0.2) is 47.4 Å². The van der Waals surface area contributed by atoms with Gasteiger partial charge in [-0.3, -0.25) is 4.79 Å². The molecule has 1 N–H and O–H groups in total. The average molecular weight is 374 g/mol. The van der Waals surface area contributed by atoms with Crippen molar-refractivity contribution in [2.24, 2.45) is 0 Å². The maximum absolute atomic E-state index is 12.2. The Morgan fingerprint density at radius 2 is 1.84 bits per heavy atom. The molecular weight excluding hydrogens is 356 g/mol. The van der Waals surface area contributed by atoms with E-state index in [9.17, 15) is 4.79 Å². The van der Waals surface area contributed by atoms with Crippen LogP contribution in [-0.4, -0.2) is 30.9 Å². The van der Waals surface area contributed by atoms with E-state index >= 15 is 0 Å². The molecule has 0 bridgehead atoms. The summed E-state index contributed by atoms with van der Waals surface area (Å²) in [4.78, 5) is 17.8. The molecule has 25 heavy (non-hydrogen) atoms. The van der Waals surface area contributed by atoms with Gasteiger partial charge >= 0.3 is 0 Å². The van der Waals surface area contributed by atoms with Crippen LogP contribution in [0.25, 0.3) is 10.2 Å². The van der Waals surface area contributed by atoms with Gasteiger partial charge in [-0.1, -0.05) is 29.5 Å². The van der Waals surface area contributed by atoms with E-state index in [1.807, 2.05) is 42.5 Å². The van der Waals surface area contributed by atoms with Gasteiger partial charge in [-0.15, -0.1) is 11.8 Å². The molecule has 0 fully saturated rings. The molecule has 0 saturated carbocycles. The first-order chi connectivity index (χ1) is 12.2. The Balaban J connectivity index is 1.65. The molecule has 0 saturated heterocycles. The number of hydrogen-bond acceptors (Lipinski definition) is 6. The summed E-state index contributed by atoms with van der Waals surface area (Å²) < 4.78 is 11.5. The molecule has 3 aromatic rings. The predicted octanol–water partition coefficient (Wildman–Crippen LogP) is 4.43. The summed E-state index contributed by atoms with van der Waals surface area (Å²) in [5.41, 5.74) is 0.695. The van der Waals surface area contributed by atoms with E-state index in [1.165, 1.54) is 11.3 Å². The molecule has 0 unspecified atom stereocenters. The Morgan fingerprint density at radius 3 is 2.56 bits per heavy atom. The fourth-order valence-corrected chi connectivity index (χ4v) is 4.16. The van der Waals surface area contributed by atoms with Gasteiger partial charge in [0.1, 0.15) is 21.7 Å². The number of amides is 1. The van der Waals surface area contributed by atoms with Crippen LogP contribution in [0.4, 0.5) is 5.13 Å². The van der Waals surface area contributed by atoms with Crippen molar-refractivity contribution in [2.45, 2.75) is 11.3 Å². The van der Waals surface area contributed by atoms with E-state index in [2.05, 4.69) is 10.3 Å². The number of benzene rings is 2. The number of aromatic nitrogens is 1. The molecule has 3 rings (SSSR count). The molecule has 0 radical (unpaired) electrons. The second kappa shape index (κ2) is 8.22. The molecule has 5 nitrogen and oxygen atoms in total. The minimum atomic E-state index is -0.0552. The molecule has 0 aliphatic rings. The Kier molecular flexibility index (Phi) is 5.78. The molecule has 1 aromatic heterocycles. The smallest absolute Gasteiger partial charge is 0.226 e. The standard InChI is InChI=1S/C18H18N2O3S2/c1-22-13-8-9-14(23-2)17-16(13)20-18(25-17)19-15(21)10-11-24-12-6-4-3-5-7-12/h3-9H,10-11H2,1-2H3,(H,19,20,21). The van der Waals surface area contributed by atoms with Gasteiger partial charge in [0.05, 0.1) is 14.2 Å². The number of thiazole rings is 1. The molecule has 0 aliphatic carbocycles. The topological polar surface area (TPSA) is 60.5 Å². The van der Waals surface area contributed by atoms with E-state index in [0.29, 0.717) is 34.3 Å². The SMILES string of the molecule is COc1ccc(OC)c2sc(NC(=O)CCSc3ccccc3)nc12. The van der Waals surface area contributed by atoms with Crippen LogP contribution in [0.2, 0.25) is 0 Å². The number of carbonyl (C=O) groups excluding carboxylic acids is 1. The van der Waals surface area contributed by atoms with E-state index in [0.717, 1.165) is 9.60 Å². The number of ether oxygens (including phenoxy) is 2. The summed E-state index contributed by atoms with van der Waals surface area (Å²) in [5.74, 6) is 2.04. The van der Waals surface area contributed by atoms with E-state index < -0.39 is 0 Å². The number of thioether (sulfide) groups is 1. The summed E-state index contributed by atoms with van der Waals surface area (Å²) in [5, 5.41) is 3.41. The van der Waals surface area contributed by atoms with Crippen LogP contribution in [0.5, 0.6) is 11.5 Å². The molecule has 0 spiro atoms. The van der Waals surface area contributed by atoms with Crippen LogP contribution in [-0.2, 0) is 4.79 Å². The first-order valence-corrected chi connectivity index (χ1v) is 9.50. The van der Waals surface area contributed by atoms with Gasteiger partial charge in [-0.05, 0) is 24.3 Å². The molecule has 2 aromatic carbocycles. The van der Waals surface area contributed by atoms with Crippen molar-refractivity contribution in [3.05, 3.63) is 42.5 Å². The maximum Gasteiger partial charge on any atom is 0.226 e. The number of methoxy groups -OCH3 is 2. The van der Waals surface area contributed by atoms with Gasteiger partial charge in [0, 0.05) is 17.1 Å². The third-order valence-corrected chi connectivity index (χ3v) is 5.50. The Hall–Kier alpha value is -2.25. The predicted molar refractivity (Wildman–Crippen MR) is 103 cm³/mol. The Labute approximate surface area is 154 Å². The zero-order chi connectivity index (χ0) is 17.6. The monoisotopic (exact) mass is 374 g/mol. The van der Waals surface area contributed by atoms with Crippen LogP contribution in [0, 0.1) is 0 Å². The second-order valence-corrected chi connectivity index (χ2v) is 7.29. The van der Waals surface area contributed by atoms with Gasteiger partial charge in [-0.2, -0.15) is 0 Å². The lowest BCUT2D eigenvalue weighted by molar-refractivity contribution is -0.115. The fourth-order valence-electron chi connectivity index (χ4n) is 2.30. The van der Waals surface area contributed by atoms with E-state index in [4.69, 9.17) is 9.47 Å². The van der Waals surface area contributed by atoms with Crippen LogP contribution in [0.3, 0.4) is 0 Å². The van der Waals surface area contributed by atoms with E-state index in [-0.39, 0.29) is 5.91 Å². The van der Waals surface area contributed by atoms with Crippen LogP contribution in [0.1, 0.15) is 6.42 Å². The number of hydrogen-bond donors (Lipinski definition) is 1. The fraction of sp³-hybridized carbons (Fsp3) is 0.222. The lowest BCUT2D eigenvalue weighted by Gasteiger charge is -2.03. The van der Waals surface area contributed by atoms with Gasteiger partial charge in [0.25, 0.3) is 0 Å². The van der Waals surface area contributed by atoms with Gasteiger partial charge in [-0.25, -0.2) is 4.98 Å². The number of nitrogens with zero attached hydrogens (tertiary/aromatic N) is 1. The van der Waals surface area contributed by atoms with E-state index in [1.54, 1.807) is 26.0 Å². The lowest BCUT2D eigenvalue weighted by Crippen LogP contribution is -2.11. The summed E-state index contributed by atoms with van der Waals surface area (Å²) in [7, 11) is 3.21. The molecule has 7 heteroatoms. The molecular formula is C18H18N2O3S2. The Morgan fingerprint density at radius 1 is 1.12 bits per heavy atom. The first-order valence-electron chi connectivity index (χ1n) is 7.70. The quantitative estimate of drug-likeness (QED) is 0.620. The van der Waals surface area contributed by atoms with Crippen molar-refractivity contribution < 1.29 is 14.3 Å². The van der Waals surface area contributed by atoms with Crippen LogP contribution >= 0.6 is 23.1 Å². The third-order valence-electron chi connectivity index (χ3n) is 3.50. The zero-order valence-electron chi connectivity index (χ0n) is 13.9. The van der Waals surface area contributed by atoms with Gasteiger partial charge in [0.15, 0.2) is 5.13 Å².